The van der Waals surface area contributed by atoms with Crippen molar-refractivity contribution in [3.63, 3.8) is 0 Å². The third-order valence-electron chi connectivity index (χ3n) is 2.37. The van der Waals surface area contributed by atoms with E-state index in [1.165, 1.54) is 6.20 Å². The van der Waals surface area contributed by atoms with Gasteiger partial charge in [0.15, 0.2) is 0 Å². The van der Waals surface area contributed by atoms with E-state index in [1.807, 2.05) is 0 Å². The summed E-state index contributed by atoms with van der Waals surface area (Å²) in [6.45, 7) is 0. The molecule has 0 spiro atoms. The van der Waals surface area contributed by atoms with Crippen LogP contribution in [0.15, 0.2) is 6.20 Å². The Labute approximate surface area is 82.7 Å². The van der Waals surface area contributed by atoms with Gasteiger partial charge in [-0.2, -0.15) is 0 Å². The topological polar surface area (TPSA) is 90.9 Å². The average Bonchev–Trinajstić information content (AvgIpc) is 2.49. The quantitative estimate of drug-likeness (QED) is 0.681. The predicted octanol–water partition coefficient (Wildman–Crippen LogP) is 0.697. The van der Waals surface area contributed by atoms with Gasteiger partial charge in [0.25, 0.3) is 5.92 Å². The number of alkyl halides is 2. The lowest BCUT2D eigenvalue weighted by Crippen LogP contribution is -2.59. The van der Waals surface area contributed by atoms with E-state index in [2.05, 4.69) is 20.7 Å². The van der Waals surface area contributed by atoms with Gasteiger partial charge in [0.05, 0.1) is 0 Å². The maximum atomic E-state index is 12.8. The number of H-pyrrole nitrogens is 1. The van der Waals surface area contributed by atoms with Gasteiger partial charge < -0.3 is 10.4 Å². The number of aromatic nitrogens is 3. The second-order valence-corrected chi connectivity index (χ2v) is 3.58. The summed E-state index contributed by atoms with van der Waals surface area (Å²) in [4.78, 5) is 10.5. The van der Waals surface area contributed by atoms with Gasteiger partial charge in [0.2, 0.25) is 0 Å². The molecular weight excluding hydrogens is 210 g/mol. The van der Waals surface area contributed by atoms with E-state index in [9.17, 15) is 13.6 Å². The van der Waals surface area contributed by atoms with Gasteiger partial charge in [0.1, 0.15) is 11.2 Å². The fourth-order valence-corrected chi connectivity index (χ4v) is 1.80. The average molecular weight is 218 g/mol. The largest absolute Gasteiger partial charge is 0.465 e. The third-order valence-corrected chi connectivity index (χ3v) is 2.37. The smallest absolute Gasteiger partial charge is 0.405 e. The lowest BCUT2D eigenvalue weighted by molar-refractivity contribution is -0.135. The summed E-state index contributed by atoms with van der Waals surface area (Å²) in [6, 6.07) is 0. The van der Waals surface area contributed by atoms with Crippen molar-refractivity contribution in [1.29, 1.82) is 0 Å². The molecule has 2 rings (SSSR count). The van der Waals surface area contributed by atoms with Crippen LogP contribution in [0.1, 0.15) is 18.5 Å². The van der Waals surface area contributed by atoms with Crippen LogP contribution in [0.2, 0.25) is 0 Å². The number of rotatable bonds is 2. The molecule has 1 amide bonds. The molecule has 1 aromatic rings. The Morgan fingerprint density at radius 2 is 2.27 bits per heavy atom. The van der Waals surface area contributed by atoms with Crippen molar-refractivity contribution in [3.05, 3.63) is 11.9 Å². The molecule has 1 aromatic heterocycles. The number of nitrogens with one attached hydrogen (secondary N) is 2. The van der Waals surface area contributed by atoms with E-state index in [0.717, 1.165) is 0 Å². The molecule has 1 heterocycles. The van der Waals surface area contributed by atoms with Crippen molar-refractivity contribution in [2.45, 2.75) is 24.3 Å². The maximum Gasteiger partial charge on any atom is 0.405 e. The molecule has 1 aliphatic carbocycles. The van der Waals surface area contributed by atoms with E-state index in [1.54, 1.807) is 0 Å². The molecule has 1 fully saturated rings. The third kappa shape index (κ3) is 1.62. The van der Waals surface area contributed by atoms with Gasteiger partial charge >= 0.3 is 6.09 Å². The molecule has 6 nitrogen and oxygen atoms in total. The number of halogens is 2. The number of aromatic amines is 1. The number of carbonyl (C=O) groups is 1. The Kier molecular flexibility index (Phi) is 1.88. The lowest BCUT2D eigenvalue weighted by Gasteiger charge is -2.45. The van der Waals surface area contributed by atoms with E-state index >= 15 is 0 Å². The van der Waals surface area contributed by atoms with Crippen LogP contribution >= 0.6 is 0 Å². The van der Waals surface area contributed by atoms with Crippen LogP contribution < -0.4 is 5.32 Å². The van der Waals surface area contributed by atoms with Crippen molar-refractivity contribution >= 4 is 6.09 Å². The minimum absolute atomic E-state index is 0.191. The summed E-state index contributed by atoms with van der Waals surface area (Å²) in [6.07, 6.45) is -1.21. The molecule has 0 bridgehead atoms. The summed E-state index contributed by atoms with van der Waals surface area (Å²) in [5, 5.41) is 19.9. The van der Waals surface area contributed by atoms with Gasteiger partial charge in [-0.05, 0) is 0 Å². The second kappa shape index (κ2) is 2.88. The van der Waals surface area contributed by atoms with Gasteiger partial charge in [-0.1, -0.05) is 5.21 Å². The highest BCUT2D eigenvalue weighted by Gasteiger charge is 2.59. The zero-order chi connectivity index (χ0) is 11.1. The van der Waals surface area contributed by atoms with Crippen LogP contribution in [0.4, 0.5) is 13.6 Å². The van der Waals surface area contributed by atoms with E-state index in [4.69, 9.17) is 5.11 Å². The normalized spacial score (nSPS) is 21.7. The first-order valence-electron chi connectivity index (χ1n) is 4.19. The number of hydrogen-bond donors (Lipinski definition) is 3. The summed E-state index contributed by atoms with van der Waals surface area (Å²) >= 11 is 0. The molecule has 0 saturated heterocycles. The first-order chi connectivity index (χ1) is 6.94. The van der Waals surface area contributed by atoms with Gasteiger partial charge in [-0.25, -0.2) is 13.6 Å². The molecule has 0 aromatic carbocycles. The van der Waals surface area contributed by atoms with Crippen LogP contribution in [0.3, 0.4) is 0 Å². The van der Waals surface area contributed by atoms with E-state index < -0.39 is 30.4 Å². The molecule has 0 aliphatic heterocycles. The van der Waals surface area contributed by atoms with Gasteiger partial charge in [-0.3, -0.25) is 5.10 Å². The SMILES string of the molecule is O=C(O)NC1(c2c[nH]nn2)CC(F)(F)C1. The lowest BCUT2D eigenvalue weighted by atomic mass is 9.71. The van der Waals surface area contributed by atoms with E-state index in [-0.39, 0.29) is 5.69 Å². The summed E-state index contributed by atoms with van der Waals surface area (Å²) in [7, 11) is 0. The molecule has 0 unspecified atom stereocenters. The second-order valence-electron chi connectivity index (χ2n) is 3.58. The molecule has 8 heteroatoms. The molecular formula is C7H8F2N4O2. The van der Waals surface area contributed by atoms with Crippen LogP contribution in [-0.2, 0) is 5.54 Å². The number of hydrogen-bond acceptors (Lipinski definition) is 3. The number of nitrogens with zero attached hydrogens (tertiary/aromatic N) is 2. The van der Waals surface area contributed by atoms with Crippen molar-refractivity contribution in [2.24, 2.45) is 0 Å². The first-order valence-corrected chi connectivity index (χ1v) is 4.19. The van der Waals surface area contributed by atoms with Crippen molar-refractivity contribution in [1.82, 2.24) is 20.7 Å². The Bertz CT molecular complexity index is 370. The van der Waals surface area contributed by atoms with Crippen molar-refractivity contribution < 1.29 is 18.7 Å². The molecule has 1 aliphatic rings. The minimum atomic E-state index is -2.85. The zero-order valence-electron chi connectivity index (χ0n) is 7.50. The van der Waals surface area contributed by atoms with Crippen molar-refractivity contribution in [2.75, 3.05) is 0 Å². The highest BCUT2D eigenvalue weighted by molar-refractivity contribution is 5.66. The highest BCUT2D eigenvalue weighted by atomic mass is 19.3. The Balaban J connectivity index is 2.23. The minimum Gasteiger partial charge on any atom is -0.465 e. The Hall–Kier alpha value is -1.73. The summed E-state index contributed by atoms with van der Waals surface area (Å²) in [5.74, 6) is -2.85. The fourth-order valence-electron chi connectivity index (χ4n) is 1.80. The first kappa shape index (κ1) is 9.81. The number of amides is 1. The molecule has 3 N–H and O–H groups in total. The fraction of sp³-hybridized carbons (Fsp3) is 0.571. The van der Waals surface area contributed by atoms with Crippen molar-refractivity contribution in [3.8, 4) is 0 Å². The van der Waals surface area contributed by atoms with Crippen LogP contribution in [0, 0.1) is 0 Å². The standard InChI is InChI=1S/C7H8F2N4O2/c8-7(9)2-6(3-7,11-5(14)15)4-1-10-13-12-4/h1,11H,2-3H2,(H,14,15)(H,10,12,13). The van der Waals surface area contributed by atoms with Crippen LogP contribution in [0.25, 0.3) is 0 Å². The summed E-state index contributed by atoms with van der Waals surface area (Å²) < 4.78 is 25.6. The van der Waals surface area contributed by atoms with Crippen LogP contribution in [0.5, 0.6) is 0 Å². The molecule has 15 heavy (non-hydrogen) atoms. The predicted molar refractivity (Wildman–Crippen MR) is 43.4 cm³/mol. The Morgan fingerprint density at radius 3 is 2.67 bits per heavy atom. The monoisotopic (exact) mass is 218 g/mol. The van der Waals surface area contributed by atoms with Gasteiger partial charge in [-0.15, -0.1) is 5.10 Å². The zero-order valence-corrected chi connectivity index (χ0v) is 7.50. The molecule has 0 radical (unpaired) electrons. The molecule has 0 atom stereocenters. The summed E-state index contributed by atoms with van der Waals surface area (Å²) in [5.41, 5.74) is -1.11. The molecule has 1 saturated carbocycles. The number of carboxylic acid groups (broad SMARTS) is 1. The van der Waals surface area contributed by atoms with Gasteiger partial charge in [0, 0.05) is 19.0 Å². The van der Waals surface area contributed by atoms with E-state index in [0.29, 0.717) is 0 Å². The maximum absolute atomic E-state index is 12.8. The highest BCUT2D eigenvalue weighted by Crippen LogP contribution is 2.50. The molecule has 82 valence electrons. The Morgan fingerprint density at radius 1 is 1.60 bits per heavy atom. The van der Waals surface area contributed by atoms with Crippen LogP contribution in [-0.4, -0.2) is 32.5 Å².